The Balaban J connectivity index is 0.715. The van der Waals surface area contributed by atoms with Gasteiger partial charge < -0.3 is 84.5 Å². The van der Waals surface area contributed by atoms with Crippen LogP contribution in [0.25, 0.3) is 0 Å². The molecule has 0 saturated carbocycles. The number of nitrogens with one attached hydrogen (secondary N) is 3. The van der Waals surface area contributed by atoms with Gasteiger partial charge in [0, 0.05) is 60.0 Å². The second-order valence-corrected chi connectivity index (χ2v) is 18.2. The first-order valence-electron chi connectivity index (χ1n) is 25.0. The predicted molar refractivity (Wildman–Crippen MR) is 268 cm³/mol. The lowest BCUT2D eigenvalue weighted by Gasteiger charge is -2.39. The fourth-order valence-corrected chi connectivity index (χ4v) is 8.84. The van der Waals surface area contributed by atoms with Gasteiger partial charge in [-0.3, -0.25) is 14.4 Å². The number of phenolic OH excluding ortho intramolecular Hbond substituents is 2. The number of aliphatic hydroxyl groups is 4. The number of nitrogens with zero attached hydrogens (tertiary/aromatic N) is 4. The van der Waals surface area contributed by atoms with Crippen molar-refractivity contribution in [2.24, 2.45) is 0 Å². The average molecular weight is 1080 g/mol. The molecule has 1 saturated heterocycles. The van der Waals surface area contributed by atoms with Crippen LogP contribution in [0.4, 0.5) is 5.69 Å². The molecule has 6 atom stereocenters. The van der Waals surface area contributed by atoms with Gasteiger partial charge in [0.05, 0.1) is 83.3 Å². The molecule has 4 aromatic carbocycles. The third-order valence-corrected chi connectivity index (χ3v) is 12.7. The van der Waals surface area contributed by atoms with E-state index in [2.05, 4.69) is 26.3 Å². The monoisotopic (exact) mass is 1080 g/mol. The van der Waals surface area contributed by atoms with E-state index < -0.39 is 79.2 Å². The lowest BCUT2D eigenvalue weighted by atomic mass is 9.77. The zero-order valence-corrected chi connectivity index (χ0v) is 42.0. The number of benzene rings is 4. The Hall–Kier alpha value is -7.77. The molecule has 414 valence electrons. The summed E-state index contributed by atoms with van der Waals surface area (Å²) in [7, 11) is 0. The number of amides is 3. The van der Waals surface area contributed by atoms with Crippen molar-refractivity contribution in [2.75, 3.05) is 71.3 Å². The van der Waals surface area contributed by atoms with Gasteiger partial charge in [-0.25, -0.2) is 9.48 Å². The van der Waals surface area contributed by atoms with Gasteiger partial charge in [-0.2, -0.15) is 5.26 Å². The fourth-order valence-electron chi connectivity index (χ4n) is 8.84. The lowest BCUT2D eigenvalue weighted by Crippen LogP contribution is -2.59. The molecule has 25 nitrogen and oxygen atoms in total. The standard InChI is InChI=1S/C53H59N7O18/c54-14-1-2-45(64)57-41(50(69)55-28-46(65)56-32-5-10-38-37(24-32)51(70)78-53(38)39-11-6-34(62)26-42(39)76-43-27-35(63)7-12-40(43)53)25-33-29-60(59-58-33)15-17-71-18-19-72-20-21-73-22-23-74-36-8-3-31(4-9-36)13-16-75-52-49(68)48(67)47(66)44(30-61)77-52/h3-12,24,26-27,29,41,44,47-49,52,61-63,66-68H,1-2,13,15-23,25,28,30H2,(H,55,69)(H,56,65)(H,57,64)/t41-,44+,47+,48-,49+,52+/m0/s1. The van der Waals surface area contributed by atoms with Gasteiger partial charge >= 0.3 is 5.97 Å². The smallest absolute Gasteiger partial charge is 0.340 e. The molecular weight excluding hydrogens is 1020 g/mol. The summed E-state index contributed by atoms with van der Waals surface area (Å²) in [5.74, 6) is -1.74. The Morgan fingerprint density at radius 2 is 1.46 bits per heavy atom. The molecule has 0 bridgehead atoms. The van der Waals surface area contributed by atoms with Crippen molar-refractivity contribution in [3.63, 3.8) is 0 Å². The van der Waals surface area contributed by atoms with Gasteiger partial charge in [-0.05, 0) is 60.5 Å². The first kappa shape index (κ1) is 56.4. The topological polar surface area (TPSA) is 354 Å². The normalized spacial score (nSPS) is 19.1. The maximum absolute atomic E-state index is 13.5. The molecule has 3 aliphatic heterocycles. The zero-order valence-electron chi connectivity index (χ0n) is 42.0. The number of ether oxygens (including phenoxy) is 8. The number of hydrogen-bond donors (Lipinski definition) is 9. The summed E-state index contributed by atoms with van der Waals surface area (Å²) < 4.78 is 47.0. The number of carbonyl (C=O) groups is 4. The Labute approximate surface area is 446 Å². The zero-order chi connectivity index (χ0) is 55.2. The highest BCUT2D eigenvalue weighted by Gasteiger charge is 2.54. The van der Waals surface area contributed by atoms with Crippen molar-refractivity contribution in [3.05, 3.63) is 119 Å². The summed E-state index contributed by atoms with van der Waals surface area (Å²) in [6, 6.07) is 21.4. The van der Waals surface area contributed by atoms with Gasteiger partial charge in [0.2, 0.25) is 17.7 Å². The minimum Gasteiger partial charge on any atom is -0.508 e. The van der Waals surface area contributed by atoms with E-state index in [4.69, 9.17) is 43.2 Å². The molecule has 0 radical (unpaired) electrons. The number of anilines is 1. The molecule has 1 fully saturated rings. The maximum Gasteiger partial charge on any atom is 0.340 e. The SMILES string of the molecule is N#CCCC(=O)N[C@@H](Cc1cn(CCOCCOCCOCCOc2ccc(CCO[C@@H]3O[C@H](CO)[C@@H](O)[C@H](O)[C@H]3O)cc2)nn1)C(=O)NCC(=O)Nc1ccc2c(c1)C(=O)OC21c2ccc(O)cc2Oc2cc(O)ccc21. The molecule has 3 aliphatic rings. The van der Waals surface area contributed by atoms with Crippen molar-refractivity contribution >= 4 is 29.4 Å². The molecule has 8 rings (SSSR count). The predicted octanol–water partition coefficient (Wildman–Crippen LogP) is 0.831. The molecular formula is C53H59N7O18. The van der Waals surface area contributed by atoms with E-state index >= 15 is 0 Å². The summed E-state index contributed by atoms with van der Waals surface area (Å²) in [6.07, 6.45) is -4.89. The van der Waals surface area contributed by atoms with E-state index in [1.54, 1.807) is 42.6 Å². The van der Waals surface area contributed by atoms with E-state index in [0.29, 0.717) is 80.7 Å². The Morgan fingerprint density at radius 3 is 2.14 bits per heavy atom. The van der Waals surface area contributed by atoms with Crippen LogP contribution in [-0.4, -0.2) is 172 Å². The van der Waals surface area contributed by atoms with Crippen molar-refractivity contribution < 1.29 is 87.7 Å². The minimum absolute atomic E-state index is 0.0786. The number of aromatic nitrogens is 3. The van der Waals surface area contributed by atoms with Crippen molar-refractivity contribution in [1.82, 2.24) is 25.6 Å². The maximum atomic E-state index is 13.5. The fraction of sp³-hybridized carbons (Fsp3) is 0.415. The Kier molecular flexibility index (Phi) is 19.2. The molecule has 9 N–H and O–H groups in total. The number of rotatable bonds is 27. The van der Waals surface area contributed by atoms with E-state index in [0.717, 1.165) is 5.56 Å². The van der Waals surface area contributed by atoms with Crippen LogP contribution in [0.15, 0.2) is 85.1 Å². The summed E-state index contributed by atoms with van der Waals surface area (Å²) in [5, 5.41) is 84.7. The summed E-state index contributed by atoms with van der Waals surface area (Å²) in [4.78, 5) is 52.9. The largest absolute Gasteiger partial charge is 0.508 e. The Bertz CT molecular complexity index is 2880. The van der Waals surface area contributed by atoms with Gasteiger partial charge in [0.25, 0.3) is 0 Å². The Morgan fingerprint density at radius 1 is 0.795 bits per heavy atom. The van der Waals surface area contributed by atoms with E-state index in [1.807, 2.05) is 18.2 Å². The van der Waals surface area contributed by atoms with E-state index in [-0.39, 0.29) is 66.7 Å². The molecule has 3 amide bonds. The van der Waals surface area contributed by atoms with Crippen LogP contribution < -0.4 is 25.4 Å². The quantitative estimate of drug-likeness (QED) is 0.0260. The number of esters is 1. The molecule has 5 aromatic rings. The van der Waals surface area contributed by atoms with Crippen molar-refractivity contribution in [2.45, 2.75) is 74.6 Å². The second kappa shape index (κ2) is 26.5. The summed E-state index contributed by atoms with van der Waals surface area (Å²) >= 11 is 0. The van der Waals surface area contributed by atoms with Gasteiger partial charge in [-0.15, -0.1) is 5.10 Å². The highest BCUT2D eigenvalue weighted by Crippen LogP contribution is 2.57. The molecule has 0 unspecified atom stereocenters. The number of aliphatic hydroxyl groups excluding tert-OH is 4. The number of hydrogen-bond acceptors (Lipinski definition) is 21. The molecule has 78 heavy (non-hydrogen) atoms. The van der Waals surface area contributed by atoms with Crippen LogP contribution in [0, 0.1) is 11.3 Å². The molecule has 0 aliphatic carbocycles. The lowest BCUT2D eigenvalue weighted by molar-refractivity contribution is -0.300. The van der Waals surface area contributed by atoms with Crippen molar-refractivity contribution in [3.8, 4) is 34.8 Å². The van der Waals surface area contributed by atoms with Crippen LogP contribution in [0.3, 0.4) is 0 Å². The number of fused-ring (bicyclic) bond motifs is 6. The second-order valence-electron chi connectivity index (χ2n) is 18.2. The molecule has 4 heterocycles. The number of nitriles is 1. The summed E-state index contributed by atoms with van der Waals surface area (Å²) in [5.41, 5.74) is 1.42. The van der Waals surface area contributed by atoms with Crippen LogP contribution in [0.1, 0.15) is 51.1 Å². The van der Waals surface area contributed by atoms with Crippen LogP contribution >= 0.6 is 0 Å². The number of carbonyl (C=O) groups excluding carboxylic acids is 4. The third-order valence-electron chi connectivity index (χ3n) is 12.7. The highest BCUT2D eigenvalue weighted by molar-refractivity contribution is 6.01. The number of aromatic hydroxyl groups is 2. The van der Waals surface area contributed by atoms with Crippen LogP contribution in [-0.2, 0) is 67.8 Å². The van der Waals surface area contributed by atoms with Crippen LogP contribution in [0.5, 0.6) is 28.7 Å². The summed E-state index contributed by atoms with van der Waals surface area (Å²) in [6.45, 7) is 1.62. The van der Waals surface area contributed by atoms with Gasteiger partial charge in [0.1, 0.15) is 65.8 Å². The first-order chi connectivity index (χ1) is 37.8. The van der Waals surface area contributed by atoms with Crippen molar-refractivity contribution in [1.29, 1.82) is 5.26 Å². The number of phenols is 2. The first-order valence-corrected chi connectivity index (χ1v) is 25.0. The molecule has 25 heteroatoms. The van der Waals surface area contributed by atoms with E-state index in [1.165, 1.54) is 35.0 Å². The van der Waals surface area contributed by atoms with Crippen LogP contribution in [0.2, 0.25) is 0 Å². The third kappa shape index (κ3) is 13.8. The van der Waals surface area contributed by atoms with Gasteiger partial charge in [-0.1, -0.05) is 23.4 Å². The average Bonchev–Trinajstić information content (AvgIpc) is 4.21. The minimum atomic E-state index is -1.50. The highest BCUT2D eigenvalue weighted by atomic mass is 16.7. The molecule has 1 aromatic heterocycles. The molecule has 1 spiro atoms. The van der Waals surface area contributed by atoms with E-state index in [9.17, 15) is 49.8 Å². The van der Waals surface area contributed by atoms with Gasteiger partial charge in [0.15, 0.2) is 11.9 Å².